The Labute approximate surface area is 229 Å². The Morgan fingerprint density at radius 2 is 1.22 bits per heavy atom. The SMILES string of the molecule is CCCCCOC(OOCCC(C)C)(OC(C)(C)C)C(C)(C)C(OCCCC)(OC(C)C)OC(C)CC. The molecule has 0 amide bonds. The summed E-state index contributed by atoms with van der Waals surface area (Å²) in [6.45, 7) is 27.8. The Morgan fingerprint density at radius 1 is 0.649 bits per heavy atom. The van der Waals surface area contributed by atoms with Crippen LogP contribution >= 0.6 is 0 Å². The Kier molecular flexibility index (Phi) is 17.3. The van der Waals surface area contributed by atoms with Gasteiger partial charge in [0.2, 0.25) is 0 Å². The Bertz CT molecular complexity index is 573. The molecule has 0 aliphatic heterocycles. The third-order valence-electron chi connectivity index (χ3n) is 6.07. The second-order valence-corrected chi connectivity index (χ2v) is 12.3. The van der Waals surface area contributed by atoms with Crippen LogP contribution in [0.25, 0.3) is 0 Å². The molecule has 224 valence electrons. The van der Waals surface area contributed by atoms with Crippen molar-refractivity contribution >= 4 is 0 Å². The maximum absolute atomic E-state index is 6.68. The highest BCUT2D eigenvalue weighted by molar-refractivity contribution is 4.92. The number of ether oxygens (including phenoxy) is 5. The summed E-state index contributed by atoms with van der Waals surface area (Å²) >= 11 is 0. The van der Waals surface area contributed by atoms with Crippen molar-refractivity contribution in [3.05, 3.63) is 0 Å². The van der Waals surface area contributed by atoms with Gasteiger partial charge in [0.05, 0.1) is 37.6 Å². The quantitative estimate of drug-likeness (QED) is 0.0598. The lowest BCUT2D eigenvalue weighted by Crippen LogP contribution is -2.68. The van der Waals surface area contributed by atoms with Crippen LogP contribution in [0.4, 0.5) is 0 Å². The van der Waals surface area contributed by atoms with Crippen LogP contribution in [0.3, 0.4) is 0 Å². The Hall–Kier alpha value is -0.280. The molecule has 0 saturated carbocycles. The van der Waals surface area contributed by atoms with Crippen molar-refractivity contribution < 1.29 is 33.5 Å². The molecule has 7 heteroatoms. The monoisotopic (exact) mass is 534 g/mol. The van der Waals surface area contributed by atoms with E-state index >= 15 is 0 Å². The second-order valence-electron chi connectivity index (χ2n) is 12.3. The van der Waals surface area contributed by atoms with Crippen LogP contribution in [0.1, 0.15) is 135 Å². The third kappa shape index (κ3) is 12.6. The first-order valence-electron chi connectivity index (χ1n) is 14.8. The van der Waals surface area contributed by atoms with Crippen LogP contribution in [0.5, 0.6) is 0 Å². The lowest BCUT2D eigenvalue weighted by atomic mass is 9.85. The standard InChI is InChI=1S/C30H62O7/c1-14-17-19-22-32-30(36-27(9,10)11,37-33-23-20-24(4)5)28(12,13)29(34-25(6)7,31-21-18-15-2)35-26(8)16-3/h24-26H,14-23H2,1-13H3. The zero-order valence-electron chi connectivity index (χ0n) is 26.7. The molecule has 37 heavy (non-hydrogen) atoms. The van der Waals surface area contributed by atoms with Crippen molar-refractivity contribution in [2.75, 3.05) is 19.8 Å². The van der Waals surface area contributed by atoms with Crippen LogP contribution in [0, 0.1) is 11.3 Å². The summed E-state index contributed by atoms with van der Waals surface area (Å²) in [5.41, 5.74) is -1.76. The lowest BCUT2D eigenvalue weighted by Gasteiger charge is -2.54. The van der Waals surface area contributed by atoms with E-state index in [4.69, 9.17) is 33.5 Å². The molecule has 0 aliphatic rings. The summed E-state index contributed by atoms with van der Waals surface area (Å²) < 4.78 is 33.1. The molecule has 3 unspecified atom stereocenters. The van der Waals surface area contributed by atoms with Gasteiger partial charge in [0, 0.05) is 0 Å². The summed E-state index contributed by atoms with van der Waals surface area (Å²) in [6, 6.07) is 0. The minimum absolute atomic E-state index is 0.145. The number of hydrogen-bond acceptors (Lipinski definition) is 7. The molecule has 0 fully saturated rings. The van der Waals surface area contributed by atoms with E-state index in [0.717, 1.165) is 44.9 Å². The van der Waals surface area contributed by atoms with Crippen molar-refractivity contribution in [3.63, 3.8) is 0 Å². The van der Waals surface area contributed by atoms with E-state index in [9.17, 15) is 0 Å². The van der Waals surface area contributed by atoms with Crippen molar-refractivity contribution in [3.8, 4) is 0 Å². The van der Waals surface area contributed by atoms with Crippen molar-refractivity contribution in [1.29, 1.82) is 0 Å². The maximum Gasteiger partial charge on any atom is 0.325 e. The van der Waals surface area contributed by atoms with Gasteiger partial charge in [0.15, 0.2) is 0 Å². The fourth-order valence-electron chi connectivity index (χ4n) is 3.62. The molecule has 7 nitrogen and oxygen atoms in total. The van der Waals surface area contributed by atoms with Crippen LogP contribution in [-0.2, 0) is 33.5 Å². The summed E-state index contributed by atoms with van der Waals surface area (Å²) in [6.07, 6.45) is 6.09. The molecule has 0 heterocycles. The predicted octanol–water partition coefficient (Wildman–Crippen LogP) is 8.39. The minimum atomic E-state index is -1.68. The second kappa shape index (κ2) is 17.4. The van der Waals surface area contributed by atoms with Gasteiger partial charge in [-0.15, -0.1) is 0 Å². The van der Waals surface area contributed by atoms with Gasteiger partial charge < -0.3 is 23.7 Å². The normalized spacial score (nSPS) is 17.3. The fourth-order valence-corrected chi connectivity index (χ4v) is 3.62. The van der Waals surface area contributed by atoms with E-state index in [1.807, 2.05) is 55.4 Å². The third-order valence-corrected chi connectivity index (χ3v) is 6.07. The average molecular weight is 535 g/mol. The van der Waals surface area contributed by atoms with E-state index in [2.05, 4.69) is 34.6 Å². The summed E-state index contributed by atoms with van der Waals surface area (Å²) in [5, 5.41) is 0. The minimum Gasteiger partial charge on any atom is -0.327 e. The Morgan fingerprint density at radius 3 is 1.70 bits per heavy atom. The molecule has 0 spiro atoms. The summed E-state index contributed by atoms with van der Waals surface area (Å²) in [7, 11) is 0. The van der Waals surface area contributed by atoms with Crippen LogP contribution in [0.15, 0.2) is 0 Å². The highest BCUT2D eigenvalue weighted by atomic mass is 17.3. The lowest BCUT2D eigenvalue weighted by molar-refractivity contribution is -0.590. The van der Waals surface area contributed by atoms with Gasteiger partial charge in [0.25, 0.3) is 5.97 Å². The van der Waals surface area contributed by atoms with E-state index < -0.39 is 23.0 Å². The van der Waals surface area contributed by atoms with Gasteiger partial charge in [-0.3, -0.25) is 0 Å². The van der Waals surface area contributed by atoms with E-state index in [1.54, 1.807) is 0 Å². The Balaban J connectivity index is 6.84. The topological polar surface area (TPSA) is 64.6 Å². The zero-order valence-corrected chi connectivity index (χ0v) is 26.7. The molecule has 0 aromatic carbocycles. The first kappa shape index (κ1) is 36.7. The van der Waals surface area contributed by atoms with Gasteiger partial charge in [0.1, 0.15) is 5.41 Å². The first-order chi connectivity index (χ1) is 17.1. The van der Waals surface area contributed by atoms with E-state index in [0.29, 0.717) is 25.7 Å². The molecule has 0 aliphatic carbocycles. The number of unbranched alkanes of at least 4 members (excludes halogenated alkanes) is 3. The van der Waals surface area contributed by atoms with Gasteiger partial charge in [-0.2, -0.15) is 4.89 Å². The largest absolute Gasteiger partial charge is 0.327 e. The van der Waals surface area contributed by atoms with E-state index in [-0.39, 0.29) is 12.2 Å². The van der Waals surface area contributed by atoms with Crippen molar-refractivity contribution in [2.45, 2.75) is 165 Å². The van der Waals surface area contributed by atoms with Crippen LogP contribution in [-0.4, -0.2) is 49.6 Å². The highest BCUT2D eigenvalue weighted by Crippen LogP contribution is 2.51. The van der Waals surface area contributed by atoms with E-state index in [1.165, 1.54) is 0 Å². The van der Waals surface area contributed by atoms with Gasteiger partial charge in [-0.05, 0) is 87.0 Å². The summed E-state index contributed by atoms with van der Waals surface area (Å²) in [4.78, 5) is 12.1. The molecule has 0 bridgehead atoms. The molecule has 0 aromatic rings. The molecule has 0 saturated heterocycles. The molecule has 0 radical (unpaired) electrons. The van der Waals surface area contributed by atoms with Gasteiger partial charge >= 0.3 is 5.97 Å². The average Bonchev–Trinajstić information content (AvgIpc) is 2.77. The van der Waals surface area contributed by atoms with Crippen LogP contribution < -0.4 is 0 Å². The first-order valence-corrected chi connectivity index (χ1v) is 14.8. The molecule has 0 rings (SSSR count). The summed E-state index contributed by atoms with van der Waals surface area (Å²) in [5.74, 6) is -2.73. The van der Waals surface area contributed by atoms with Crippen molar-refractivity contribution in [1.82, 2.24) is 0 Å². The maximum atomic E-state index is 6.68. The van der Waals surface area contributed by atoms with Crippen molar-refractivity contribution in [2.24, 2.45) is 11.3 Å². The molecule has 0 N–H and O–H groups in total. The zero-order chi connectivity index (χ0) is 28.8. The predicted molar refractivity (Wildman–Crippen MR) is 150 cm³/mol. The molecular weight excluding hydrogens is 472 g/mol. The van der Waals surface area contributed by atoms with Crippen LogP contribution in [0.2, 0.25) is 0 Å². The molecule has 3 atom stereocenters. The number of rotatable bonds is 22. The molecular formula is C30H62O7. The van der Waals surface area contributed by atoms with Gasteiger partial charge in [-0.25, -0.2) is 4.89 Å². The number of hydrogen-bond donors (Lipinski definition) is 0. The van der Waals surface area contributed by atoms with Gasteiger partial charge in [-0.1, -0.05) is 53.9 Å². The highest BCUT2D eigenvalue weighted by Gasteiger charge is 2.67. The smallest absolute Gasteiger partial charge is 0.325 e. The molecule has 0 aromatic heterocycles. The fraction of sp³-hybridized carbons (Fsp3) is 1.00.